The molecule has 1 N–H and O–H groups in total. The molecular weight excluding hydrogens is 314 g/mol. The molecule has 0 saturated heterocycles. The molecule has 1 aliphatic rings. The van der Waals surface area contributed by atoms with E-state index >= 15 is 0 Å². The largest absolute Gasteiger partial charge is 0.383 e. The molecule has 6 nitrogen and oxygen atoms in total. The fraction of sp³-hybridized carbons (Fsp3) is 0.684. The first-order valence-corrected chi connectivity index (χ1v) is 9.26. The van der Waals surface area contributed by atoms with Crippen molar-refractivity contribution >= 4 is 0 Å². The Labute approximate surface area is 150 Å². The lowest BCUT2D eigenvalue weighted by Gasteiger charge is -2.23. The third-order valence-electron chi connectivity index (χ3n) is 4.82. The molecule has 6 heteroatoms. The van der Waals surface area contributed by atoms with Crippen LogP contribution in [0.4, 0.5) is 0 Å². The van der Waals surface area contributed by atoms with Crippen LogP contribution in [0.1, 0.15) is 56.6 Å². The number of rotatable bonds is 7. The number of aromatic nitrogens is 4. The van der Waals surface area contributed by atoms with Gasteiger partial charge in [0, 0.05) is 56.0 Å². The van der Waals surface area contributed by atoms with E-state index in [1.54, 1.807) is 7.11 Å². The normalized spacial score (nSPS) is 17.7. The van der Waals surface area contributed by atoms with E-state index < -0.39 is 0 Å². The summed E-state index contributed by atoms with van der Waals surface area (Å²) in [7, 11) is 1.71. The van der Waals surface area contributed by atoms with Crippen molar-refractivity contribution in [3.8, 4) is 0 Å². The van der Waals surface area contributed by atoms with Crippen LogP contribution in [0.15, 0.2) is 18.6 Å². The molecule has 0 unspecified atom stereocenters. The Morgan fingerprint density at radius 1 is 1.32 bits per heavy atom. The van der Waals surface area contributed by atoms with Crippen LogP contribution in [0.5, 0.6) is 0 Å². The predicted octanol–water partition coefficient (Wildman–Crippen LogP) is 2.69. The van der Waals surface area contributed by atoms with E-state index in [1.165, 1.54) is 29.9 Å². The zero-order valence-corrected chi connectivity index (χ0v) is 16.0. The molecule has 25 heavy (non-hydrogen) atoms. The van der Waals surface area contributed by atoms with Crippen molar-refractivity contribution in [1.29, 1.82) is 0 Å². The Bertz CT molecular complexity index is 682. The minimum Gasteiger partial charge on any atom is -0.383 e. The Kier molecular flexibility index (Phi) is 5.59. The zero-order chi connectivity index (χ0) is 17.9. The average molecular weight is 345 g/mol. The number of imidazole rings is 1. The summed E-state index contributed by atoms with van der Waals surface area (Å²) in [5, 5.41) is 7.96. The molecule has 0 spiro atoms. The topological polar surface area (TPSA) is 56.9 Å². The van der Waals surface area contributed by atoms with Gasteiger partial charge in [-0.1, -0.05) is 20.8 Å². The molecule has 0 bridgehead atoms. The standard InChI is InChI=1S/C19H31N5O/c1-19(2,3)17-14-23-7-5-6-16(18(23)22-17)12-20-10-15-11-21-24(13-15)8-9-25-4/h11,13-14,16,20H,5-10,12H2,1-4H3/t16-/m1/s1. The third kappa shape index (κ3) is 4.50. The fourth-order valence-corrected chi connectivity index (χ4v) is 3.32. The number of nitrogens with zero attached hydrogens (tertiary/aromatic N) is 4. The quantitative estimate of drug-likeness (QED) is 0.838. The highest BCUT2D eigenvalue weighted by Gasteiger charge is 2.26. The molecule has 0 amide bonds. The van der Waals surface area contributed by atoms with Gasteiger partial charge in [0.05, 0.1) is 25.0 Å². The lowest BCUT2D eigenvalue weighted by molar-refractivity contribution is 0.183. The lowest BCUT2D eigenvalue weighted by atomic mass is 9.93. The summed E-state index contributed by atoms with van der Waals surface area (Å²) in [6.07, 6.45) is 8.71. The van der Waals surface area contributed by atoms with E-state index in [4.69, 9.17) is 9.72 Å². The van der Waals surface area contributed by atoms with Gasteiger partial charge in [0.15, 0.2) is 0 Å². The van der Waals surface area contributed by atoms with E-state index in [0.717, 1.165) is 26.2 Å². The van der Waals surface area contributed by atoms with Crippen LogP contribution in [0, 0.1) is 0 Å². The SMILES string of the molecule is COCCn1cc(CNC[C@H]2CCCn3cc(C(C)(C)C)nc32)cn1. The monoisotopic (exact) mass is 345 g/mol. The van der Waals surface area contributed by atoms with Gasteiger partial charge in [0.2, 0.25) is 0 Å². The van der Waals surface area contributed by atoms with Crippen LogP contribution >= 0.6 is 0 Å². The number of methoxy groups -OCH3 is 1. The Morgan fingerprint density at radius 3 is 2.92 bits per heavy atom. The molecule has 2 aromatic heterocycles. The molecule has 0 saturated carbocycles. The van der Waals surface area contributed by atoms with E-state index in [-0.39, 0.29) is 5.41 Å². The summed E-state index contributed by atoms with van der Waals surface area (Å²) in [5.74, 6) is 1.74. The maximum Gasteiger partial charge on any atom is 0.113 e. The third-order valence-corrected chi connectivity index (χ3v) is 4.82. The molecular formula is C19H31N5O. The smallest absolute Gasteiger partial charge is 0.113 e. The second-order valence-electron chi connectivity index (χ2n) is 8.00. The zero-order valence-electron chi connectivity index (χ0n) is 16.0. The van der Waals surface area contributed by atoms with E-state index in [9.17, 15) is 0 Å². The number of hydrogen-bond donors (Lipinski definition) is 1. The molecule has 1 atom stereocenters. The van der Waals surface area contributed by atoms with Gasteiger partial charge >= 0.3 is 0 Å². The molecule has 0 radical (unpaired) electrons. The summed E-state index contributed by atoms with van der Waals surface area (Å²) < 4.78 is 9.38. The molecule has 0 aliphatic carbocycles. The van der Waals surface area contributed by atoms with Crippen LogP contribution in [-0.2, 0) is 29.8 Å². The molecule has 1 aliphatic heterocycles. The number of fused-ring (bicyclic) bond motifs is 1. The van der Waals surface area contributed by atoms with Crippen LogP contribution in [0.3, 0.4) is 0 Å². The van der Waals surface area contributed by atoms with E-state index in [1.807, 2.05) is 10.9 Å². The molecule has 3 heterocycles. The van der Waals surface area contributed by atoms with Crippen LogP contribution in [-0.4, -0.2) is 39.6 Å². The number of aryl methyl sites for hydroxylation is 1. The minimum absolute atomic E-state index is 0.110. The average Bonchev–Trinajstić information content (AvgIpc) is 3.19. The predicted molar refractivity (Wildman–Crippen MR) is 98.7 cm³/mol. The van der Waals surface area contributed by atoms with Gasteiger partial charge in [0.1, 0.15) is 5.82 Å². The van der Waals surface area contributed by atoms with Crippen molar-refractivity contribution in [3.05, 3.63) is 35.7 Å². The minimum atomic E-state index is 0.110. The first-order valence-electron chi connectivity index (χ1n) is 9.26. The van der Waals surface area contributed by atoms with Crippen molar-refractivity contribution < 1.29 is 4.74 Å². The summed E-state index contributed by atoms with van der Waals surface area (Å²) in [5.41, 5.74) is 2.53. The van der Waals surface area contributed by atoms with Crippen molar-refractivity contribution in [3.63, 3.8) is 0 Å². The highest BCUT2D eigenvalue weighted by Crippen LogP contribution is 2.30. The fourth-order valence-electron chi connectivity index (χ4n) is 3.32. The maximum atomic E-state index is 5.09. The molecule has 3 rings (SSSR count). The molecule has 2 aromatic rings. The van der Waals surface area contributed by atoms with Crippen LogP contribution in [0.2, 0.25) is 0 Å². The first kappa shape index (κ1) is 18.1. The summed E-state index contributed by atoms with van der Waals surface area (Å²) in [4.78, 5) is 4.96. The van der Waals surface area contributed by atoms with Crippen molar-refractivity contribution in [2.45, 2.75) is 64.6 Å². The van der Waals surface area contributed by atoms with Crippen molar-refractivity contribution in [2.24, 2.45) is 0 Å². The Balaban J connectivity index is 1.56. The molecule has 0 fully saturated rings. The maximum absolute atomic E-state index is 5.09. The lowest BCUT2D eigenvalue weighted by Crippen LogP contribution is -2.26. The highest BCUT2D eigenvalue weighted by molar-refractivity contribution is 5.17. The molecule has 138 valence electrons. The van der Waals surface area contributed by atoms with Crippen molar-refractivity contribution in [1.82, 2.24) is 24.6 Å². The van der Waals surface area contributed by atoms with Crippen LogP contribution < -0.4 is 5.32 Å². The van der Waals surface area contributed by atoms with Crippen molar-refractivity contribution in [2.75, 3.05) is 20.3 Å². The van der Waals surface area contributed by atoms with Gasteiger partial charge in [-0.15, -0.1) is 0 Å². The number of ether oxygens (including phenoxy) is 1. The Morgan fingerprint density at radius 2 is 2.16 bits per heavy atom. The Hall–Kier alpha value is -1.66. The van der Waals surface area contributed by atoms with Gasteiger partial charge in [-0.2, -0.15) is 5.10 Å². The van der Waals surface area contributed by atoms with Gasteiger partial charge in [-0.25, -0.2) is 4.98 Å². The second-order valence-corrected chi connectivity index (χ2v) is 8.00. The highest BCUT2D eigenvalue weighted by atomic mass is 16.5. The van der Waals surface area contributed by atoms with Crippen LogP contribution in [0.25, 0.3) is 0 Å². The van der Waals surface area contributed by atoms with Gasteiger partial charge < -0.3 is 14.6 Å². The second kappa shape index (κ2) is 7.70. The van der Waals surface area contributed by atoms with Gasteiger partial charge in [-0.3, -0.25) is 4.68 Å². The first-order chi connectivity index (χ1) is 12.0. The summed E-state index contributed by atoms with van der Waals surface area (Å²) in [6.45, 7) is 11.1. The van der Waals surface area contributed by atoms with Gasteiger partial charge in [-0.05, 0) is 12.8 Å². The number of nitrogens with one attached hydrogen (secondary N) is 1. The number of hydrogen-bond acceptors (Lipinski definition) is 4. The van der Waals surface area contributed by atoms with E-state index in [0.29, 0.717) is 12.5 Å². The van der Waals surface area contributed by atoms with E-state index in [2.05, 4.69) is 48.1 Å². The van der Waals surface area contributed by atoms with Gasteiger partial charge in [0.25, 0.3) is 0 Å². The summed E-state index contributed by atoms with van der Waals surface area (Å²) >= 11 is 0. The molecule has 0 aromatic carbocycles. The summed E-state index contributed by atoms with van der Waals surface area (Å²) in [6, 6.07) is 0.